The van der Waals surface area contributed by atoms with Crippen molar-refractivity contribution in [2.75, 3.05) is 37.5 Å². The molecule has 1 aliphatic rings. The minimum Gasteiger partial charge on any atom is -0.454 e. The molecular formula is C23H29N3O6S. The second-order valence-electron chi connectivity index (χ2n) is 7.67. The van der Waals surface area contributed by atoms with Crippen LogP contribution < -0.4 is 19.1 Å². The first-order valence-corrected chi connectivity index (χ1v) is 12.5. The van der Waals surface area contributed by atoms with Gasteiger partial charge >= 0.3 is 0 Å². The molecule has 33 heavy (non-hydrogen) atoms. The van der Waals surface area contributed by atoms with E-state index in [-0.39, 0.29) is 24.9 Å². The largest absolute Gasteiger partial charge is 0.454 e. The maximum Gasteiger partial charge on any atom is 0.244 e. The molecule has 178 valence electrons. The zero-order valence-electron chi connectivity index (χ0n) is 19.0. The van der Waals surface area contributed by atoms with Gasteiger partial charge in [0.15, 0.2) is 11.5 Å². The maximum absolute atomic E-state index is 13.4. The lowest BCUT2D eigenvalue weighted by molar-refractivity contribution is -0.139. The van der Waals surface area contributed by atoms with E-state index < -0.39 is 28.5 Å². The zero-order chi connectivity index (χ0) is 24.0. The molecule has 1 atom stereocenters. The summed E-state index contributed by atoms with van der Waals surface area (Å²) < 4.78 is 36.9. The summed E-state index contributed by atoms with van der Waals surface area (Å²) in [6.07, 6.45) is 1.96. The van der Waals surface area contributed by atoms with Crippen molar-refractivity contribution in [3.8, 4) is 11.5 Å². The van der Waals surface area contributed by atoms with Gasteiger partial charge in [0.2, 0.25) is 28.6 Å². The third-order valence-corrected chi connectivity index (χ3v) is 6.58. The van der Waals surface area contributed by atoms with E-state index >= 15 is 0 Å². The standard InChI is InChI=1S/C23H29N3O6S/c1-4-19(23(28)24-2)25(13-12-17-8-6-5-7-9-17)22(27)15-26(33(3,29)30)18-10-11-20-21(14-18)32-16-31-20/h5-11,14,19H,4,12-13,15-16H2,1-3H3,(H,24,28)/t19-/m0/s1. The molecule has 0 saturated carbocycles. The van der Waals surface area contributed by atoms with E-state index in [9.17, 15) is 18.0 Å². The van der Waals surface area contributed by atoms with Gasteiger partial charge in [-0.3, -0.25) is 13.9 Å². The summed E-state index contributed by atoms with van der Waals surface area (Å²) in [5.74, 6) is 0.150. The normalized spacial score (nSPS) is 13.3. The van der Waals surface area contributed by atoms with Gasteiger partial charge in [-0.1, -0.05) is 37.3 Å². The van der Waals surface area contributed by atoms with Crippen LogP contribution in [0.3, 0.4) is 0 Å². The van der Waals surface area contributed by atoms with Crippen molar-refractivity contribution in [1.29, 1.82) is 0 Å². The lowest BCUT2D eigenvalue weighted by Crippen LogP contribution is -2.52. The molecule has 0 fully saturated rings. The minimum atomic E-state index is -3.80. The highest BCUT2D eigenvalue weighted by Gasteiger charge is 2.31. The topological polar surface area (TPSA) is 105 Å². The fourth-order valence-corrected chi connectivity index (χ4v) is 4.56. The Kier molecular flexibility index (Phi) is 7.80. The number of nitrogens with one attached hydrogen (secondary N) is 1. The third kappa shape index (κ3) is 5.95. The Morgan fingerprint density at radius 1 is 1.09 bits per heavy atom. The molecule has 2 aromatic carbocycles. The van der Waals surface area contributed by atoms with E-state index in [4.69, 9.17) is 9.47 Å². The average Bonchev–Trinajstić information content (AvgIpc) is 3.27. The number of likely N-dealkylation sites (N-methyl/N-ethyl adjacent to an activating group) is 1. The number of fused-ring (bicyclic) bond motifs is 1. The molecule has 1 N–H and O–H groups in total. The summed E-state index contributed by atoms with van der Waals surface area (Å²) >= 11 is 0. The highest BCUT2D eigenvalue weighted by atomic mass is 32.2. The number of hydrogen-bond acceptors (Lipinski definition) is 6. The summed E-state index contributed by atoms with van der Waals surface area (Å²) in [7, 11) is -2.29. The van der Waals surface area contributed by atoms with Crippen LogP contribution in [0.2, 0.25) is 0 Å². The molecule has 1 aliphatic heterocycles. The molecule has 0 spiro atoms. The Hall–Kier alpha value is -3.27. The summed E-state index contributed by atoms with van der Waals surface area (Å²) in [6, 6.07) is 13.6. The second kappa shape index (κ2) is 10.6. The van der Waals surface area contributed by atoms with Gasteiger partial charge < -0.3 is 19.7 Å². The van der Waals surface area contributed by atoms with E-state index in [0.717, 1.165) is 16.1 Å². The van der Waals surface area contributed by atoms with Crippen LogP contribution in [0.1, 0.15) is 18.9 Å². The van der Waals surface area contributed by atoms with Crippen molar-refractivity contribution in [3.05, 3.63) is 54.1 Å². The molecule has 9 nitrogen and oxygen atoms in total. The Labute approximate surface area is 194 Å². The van der Waals surface area contributed by atoms with Gasteiger partial charge in [0, 0.05) is 19.7 Å². The molecule has 0 bridgehead atoms. The summed E-state index contributed by atoms with van der Waals surface area (Å²) in [4.78, 5) is 27.4. The number of anilines is 1. The maximum atomic E-state index is 13.4. The van der Waals surface area contributed by atoms with E-state index in [2.05, 4.69) is 5.32 Å². The first kappa shape index (κ1) is 24.4. The molecule has 2 amide bonds. The van der Waals surface area contributed by atoms with Gasteiger partial charge in [-0.2, -0.15) is 0 Å². The van der Waals surface area contributed by atoms with Gasteiger partial charge in [0.1, 0.15) is 12.6 Å². The highest BCUT2D eigenvalue weighted by Crippen LogP contribution is 2.36. The van der Waals surface area contributed by atoms with Gasteiger partial charge in [-0.25, -0.2) is 8.42 Å². The van der Waals surface area contributed by atoms with E-state index in [1.807, 2.05) is 37.3 Å². The van der Waals surface area contributed by atoms with E-state index in [1.54, 1.807) is 12.1 Å². The van der Waals surface area contributed by atoms with Crippen molar-refractivity contribution in [3.63, 3.8) is 0 Å². The smallest absolute Gasteiger partial charge is 0.244 e. The number of benzene rings is 2. The van der Waals surface area contributed by atoms with Crippen molar-refractivity contribution in [1.82, 2.24) is 10.2 Å². The van der Waals surface area contributed by atoms with Crippen LogP contribution in [0.25, 0.3) is 0 Å². The molecule has 1 heterocycles. The predicted molar refractivity (Wildman–Crippen MR) is 125 cm³/mol. The van der Waals surface area contributed by atoms with Crippen molar-refractivity contribution >= 4 is 27.5 Å². The molecule has 2 aromatic rings. The number of rotatable bonds is 10. The van der Waals surface area contributed by atoms with E-state index in [1.165, 1.54) is 18.0 Å². The van der Waals surface area contributed by atoms with Crippen molar-refractivity contribution in [2.24, 2.45) is 0 Å². The molecule has 0 saturated heterocycles. The van der Waals surface area contributed by atoms with Crippen LogP contribution >= 0.6 is 0 Å². The highest BCUT2D eigenvalue weighted by molar-refractivity contribution is 7.92. The van der Waals surface area contributed by atoms with Crippen molar-refractivity contribution in [2.45, 2.75) is 25.8 Å². The fraction of sp³-hybridized carbons (Fsp3) is 0.391. The Bertz CT molecular complexity index is 1090. The quantitative estimate of drug-likeness (QED) is 0.562. The summed E-state index contributed by atoms with van der Waals surface area (Å²) in [5, 5.41) is 2.60. The van der Waals surface area contributed by atoms with Crippen LogP contribution in [-0.2, 0) is 26.0 Å². The number of hydrogen-bond donors (Lipinski definition) is 1. The monoisotopic (exact) mass is 475 g/mol. The SMILES string of the molecule is CC[C@@H](C(=O)NC)N(CCc1ccccc1)C(=O)CN(c1ccc2c(c1)OCO2)S(C)(=O)=O. The first-order chi connectivity index (χ1) is 15.7. The number of carbonyl (C=O) groups excluding carboxylic acids is 2. The number of sulfonamides is 1. The Morgan fingerprint density at radius 2 is 1.79 bits per heavy atom. The van der Waals surface area contributed by atoms with Crippen LogP contribution in [0, 0.1) is 0 Å². The van der Waals surface area contributed by atoms with E-state index in [0.29, 0.717) is 24.3 Å². The van der Waals surface area contributed by atoms with Gasteiger partial charge in [0.25, 0.3) is 0 Å². The average molecular weight is 476 g/mol. The Morgan fingerprint density at radius 3 is 2.42 bits per heavy atom. The molecular weight excluding hydrogens is 446 g/mol. The molecule has 0 aliphatic carbocycles. The van der Waals surface area contributed by atoms with Gasteiger partial charge in [-0.15, -0.1) is 0 Å². The molecule has 0 radical (unpaired) electrons. The summed E-state index contributed by atoms with van der Waals surface area (Å²) in [6.45, 7) is 1.69. The van der Waals surface area contributed by atoms with Crippen LogP contribution in [-0.4, -0.2) is 64.4 Å². The second-order valence-corrected chi connectivity index (χ2v) is 9.58. The zero-order valence-corrected chi connectivity index (χ0v) is 19.8. The van der Waals surface area contributed by atoms with Crippen molar-refractivity contribution < 1.29 is 27.5 Å². The number of carbonyl (C=O) groups is 2. The van der Waals surface area contributed by atoms with Gasteiger partial charge in [0.05, 0.1) is 11.9 Å². The number of ether oxygens (including phenoxy) is 2. The van der Waals surface area contributed by atoms with Crippen LogP contribution in [0.5, 0.6) is 11.5 Å². The third-order valence-electron chi connectivity index (χ3n) is 5.44. The summed E-state index contributed by atoms with van der Waals surface area (Å²) in [5.41, 5.74) is 1.30. The molecule has 10 heteroatoms. The fourth-order valence-electron chi connectivity index (χ4n) is 3.72. The number of amides is 2. The minimum absolute atomic E-state index is 0.0498. The van der Waals surface area contributed by atoms with Gasteiger partial charge in [-0.05, 0) is 30.5 Å². The van der Waals surface area contributed by atoms with Crippen LogP contribution in [0.15, 0.2) is 48.5 Å². The number of nitrogens with zero attached hydrogens (tertiary/aromatic N) is 2. The molecule has 0 unspecified atom stereocenters. The molecule has 0 aromatic heterocycles. The predicted octanol–water partition coefficient (Wildman–Crippen LogP) is 1.78. The van der Waals surface area contributed by atoms with Crippen LogP contribution in [0.4, 0.5) is 5.69 Å². The first-order valence-electron chi connectivity index (χ1n) is 10.7. The molecule has 3 rings (SSSR count). The lowest BCUT2D eigenvalue weighted by atomic mass is 10.1. The lowest BCUT2D eigenvalue weighted by Gasteiger charge is -2.32. The Balaban J connectivity index is 1.88.